The Hall–Kier alpha value is -2.23. The number of rotatable bonds is 4. The molecule has 118 valence electrons. The van der Waals surface area contributed by atoms with Gasteiger partial charge in [-0.05, 0) is 12.1 Å². The molecule has 2 rings (SSSR count). The van der Waals surface area contributed by atoms with Gasteiger partial charge in [0.1, 0.15) is 0 Å². The van der Waals surface area contributed by atoms with Crippen LogP contribution in [0.1, 0.15) is 5.82 Å². The zero-order chi connectivity index (χ0) is 16.3. The summed E-state index contributed by atoms with van der Waals surface area (Å²) in [6, 6.07) is 8.86. The maximum atomic E-state index is 12.5. The molecule has 0 aliphatic heterocycles. The summed E-state index contributed by atoms with van der Waals surface area (Å²) in [7, 11) is 1.58. The van der Waals surface area contributed by atoms with Crippen LogP contribution in [0.2, 0.25) is 0 Å². The number of carbonyl (C=O) groups is 1. The second-order valence-corrected chi connectivity index (χ2v) is 5.19. The number of nitrogens with zero attached hydrogens (tertiary/aromatic N) is 4. The van der Waals surface area contributed by atoms with Crippen molar-refractivity contribution in [1.82, 2.24) is 14.9 Å². The van der Waals surface area contributed by atoms with Crippen LogP contribution in [0.3, 0.4) is 0 Å². The number of amides is 1. The molecule has 6 nitrogen and oxygen atoms in total. The quantitative estimate of drug-likeness (QED) is 0.682. The van der Waals surface area contributed by atoms with E-state index in [1.807, 2.05) is 6.07 Å². The molecule has 22 heavy (non-hydrogen) atoms. The Bertz CT molecular complexity index is 659. The Morgan fingerprint density at radius 3 is 2.50 bits per heavy atom. The highest BCUT2D eigenvalue weighted by molar-refractivity contribution is 7.99. The lowest BCUT2D eigenvalue weighted by Crippen LogP contribution is -2.28. The van der Waals surface area contributed by atoms with E-state index in [0.717, 1.165) is 11.8 Å². The molecule has 0 bridgehead atoms. The molecule has 0 aliphatic carbocycles. The molecule has 0 aliphatic rings. The highest BCUT2D eigenvalue weighted by Gasteiger charge is 2.38. The van der Waals surface area contributed by atoms with E-state index in [2.05, 4.69) is 10.2 Å². The standard InChI is InChI=1S/C12H12F3N5OS/c1-19(8-5-3-2-4-6-8)9(21)7-22-11-18-17-10(20(11)16)12(13,14)15/h2-6H,7,16H2,1H3. The van der Waals surface area contributed by atoms with Crippen molar-refractivity contribution in [3.05, 3.63) is 36.2 Å². The highest BCUT2D eigenvalue weighted by atomic mass is 32.2. The van der Waals surface area contributed by atoms with Gasteiger partial charge < -0.3 is 10.7 Å². The number of benzene rings is 1. The van der Waals surface area contributed by atoms with Crippen molar-refractivity contribution in [2.24, 2.45) is 0 Å². The number of halogens is 3. The van der Waals surface area contributed by atoms with E-state index in [9.17, 15) is 18.0 Å². The van der Waals surface area contributed by atoms with E-state index in [1.165, 1.54) is 4.90 Å². The summed E-state index contributed by atoms with van der Waals surface area (Å²) in [6.07, 6.45) is -4.69. The van der Waals surface area contributed by atoms with Gasteiger partial charge in [0.25, 0.3) is 5.82 Å². The highest BCUT2D eigenvalue weighted by Crippen LogP contribution is 2.29. The average Bonchev–Trinajstić information content (AvgIpc) is 2.86. The van der Waals surface area contributed by atoms with Crippen molar-refractivity contribution in [2.75, 3.05) is 23.5 Å². The molecule has 10 heteroatoms. The van der Waals surface area contributed by atoms with Crippen LogP contribution in [0.4, 0.5) is 18.9 Å². The van der Waals surface area contributed by atoms with Crippen LogP contribution in [-0.2, 0) is 11.0 Å². The predicted octanol–water partition coefficient (Wildman–Crippen LogP) is 1.77. The third-order valence-electron chi connectivity index (χ3n) is 2.76. The fraction of sp³-hybridized carbons (Fsp3) is 0.250. The zero-order valence-electron chi connectivity index (χ0n) is 11.4. The Kier molecular flexibility index (Phi) is 4.59. The summed E-state index contributed by atoms with van der Waals surface area (Å²) < 4.78 is 37.9. The van der Waals surface area contributed by atoms with E-state index in [0.29, 0.717) is 10.4 Å². The van der Waals surface area contributed by atoms with Gasteiger partial charge >= 0.3 is 6.18 Å². The normalized spacial score (nSPS) is 11.5. The van der Waals surface area contributed by atoms with E-state index in [1.54, 1.807) is 31.3 Å². The number of carbonyl (C=O) groups excluding carboxylic acids is 1. The number of aromatic nitrogens is 3. The fourth-order valence-electron chi connectivity index (χ4n) is 1.59. The molecule has 1 heterocycles. The first-order valence-electron chi connectivity index (χ1n) is 6.03. The van der Waals surface area contributed by atoms with Crippen LogP contribution in [-0.4, -0.2) is 33.6 Å². The molecule has 2 N–H and O–H groups in total. The first kappa shape index (κ1) is 16.1. The van der Waals surface area contributed by atoms with Crippen LogP contribution < -0.4 is 10.7 Å². The topological polar surface area (TPSA) is 77.0 Å². The van der Waals surface area contributed by atoms with Gasteiger partial charge in [-0.2, -0.15) is 13.2 Å². The van der Waals surface area contributed by atoms with Crippen LogP contribution in [0.15, 0.2) is 35.5 Å². The molecule has 0 unspecified atom stereocenters. The molecule has 2 aromatic rings. The van der Waals surface area contributed by atoms with E-state index in [4.69, 9.17) is 5.84 Å². The number of nitrogen functional groups attached to an aromatic ring is 1. The van der Waals surface area contributed by atoms with Crippen molar-refractivity contribution in [3.8, 4) is 0 Å². The Balaban J connectivity index is 2.02. The summed E-state index contributed by atoms with van der Waals surface area (Å²) >= 11 is 0.788. The van der Waals surface area contributed by atoms with Gasteiger partial charge in [-0.3, -0.25) is 4.79 Å². The smallest absolute Gasteiger partial charge is 0.335 e. The molecule has 0 saturated heterocycles. The monoisotopic (exact) mass is 331 g/mol. The zero-order valence-corrected chi connectivity index (χ0v) is 12.2. The Morgan fingerprint density at radius 2 is 1.95 bits per heavy atom. The van der Waals surface area contributed by atoms with Crippen LogP contribution in [0.25, 0.3) is 0 Å². The minimum atomic E-state index is -4.69. The van der Waals surface area contributed by atoms with Gasteiger partial charge in [0, 0.05) is 12.7 Å². The van der Waals surface area contributed by atoms with Crippen LogP contribution >= 0.6 is 11.8 Å². The lowest BCUT2D eigenvalue weighted by molar-refractivity contribution is -0.146. The van der Waals surface area contributed by atoms with Gasteiger partial charge in [-0.1, -0.05) is 30.0 Å². The largest absolute Gasteiger partial charge is 0.453 e. The SMILES string of the molecule is CN(C(=O)CSc1nnc(C(F)(F)F)n1N)c1ccccc1. The number of hydrogen-bond acceptors (Lipinski definition) is 5. The second-order valence-electron chi connectivity index (χ2n) is 4.25. The van der Waals surface area contributed by atoms with Crippen molar-refractivity contribution in [2.45, 2.75) is 11.3 Å². The predicted molar refractivity (Wildman–Crippen MR) is 75.8 cm³/mol. The minimum Gasteiger partial charge on any atom is -0.335 e. The molecule has 1 aromatic heterocycles. The molecular weight excluding hydrogens is 319 g/mol. The molecular formula is C12H12F3N5OS. The second kappa shape index (κ2) is 6.26. The first-order chi connectivity index (χ1) is 10.3. The molecule has 1 aromatic carbocycles. The maximum absolute atomic E-state index is 12.5. The minimum absolute atomic E-state index is 0.113. The summed E-state index contributed by atoms with van der Waals surface area (Å²) in [5.41, 5.74) is 0.679. The molecule has 0 radical (unpaired) electrons. The first-order valence-corrected chi connectivity index (χ1v) is 7.01. The number of thioether (sulfide) groups is 1. The third-order valence-corrected chi connectivity index (χ3v) is 3.69. The molecule has 0 fully saturated rings. The van der Waals surface area contributed by atoms with E-state index in [-0.39, 0.29) is 16.8 Å². The Morgan fingerprint density at radius 1 is 1.32 bits per heavy atom. The number of alkyl halides is 3. The van der Waals surface area contributed by atoms with E-state index >= 15 is 0 Å². The lowest BCUT2D eigenvalue weighted by atomic mass is 10.3. The molecule has 0 atom stereocenters. The summed E-state index contributed by atoms with van der Waals surface area (Å²) in [4.78, 5) is 13.4. The fourth-order valence-corrected chi connectivity index (χ4v) is 2.36. The van der Waals surface area contributed by atoms with Gasteiger partial charge in [0.2, 0.25) is 11.1 Å². The van der Waals surface area contributed by atoms with Crippen molar-refractivity contribution < 1.29 is 18.0 Å². The lowest BCUT2D eigenvalue weighted by Gasteiger charge is -2.16. The van der Waals surface area contributed by atoms with Gasteiger partial charge in [0.15, 0.2) is 0 Å². The maximum Gasteiger partial charge on any atom is 0.453 e. The summed E-state index contributed by atoms with van der Waals surface area (Å²) in [5, 5.41) is 6.15. The van der Waals surface area contributed by atoms with Crippen molar-refractivity contribution >= 4 is 23.4 Å². The third kappa shape index (κ3) is 3.50. The number of nitrogens with two attached hydrogens (primary N) is 1. The summed E-state index contributed by atoms with van der Waals surface area (Å²) in [5.74, 6) is 3.57. The van der Waals surface area contributed by atoms with Crippen LogP contribution in [0, 0.1) is 0 Å². The molecule has 0 saturated carbocycles. The number of hydrogen-bond donors (Lipinski definition) is 1. The van der Waals surface area contributed by atoms with Gasteiger partial charge in [-0.15, -0.1) is 10.2 Å². The Labute approximate surface area is 128 Å². The average molecular weight is 331 g/mol. The van der Waals surface area contributed by atoms with Gasteiger partial charge in [-0.25, -0.2) is 4.68 Å². The number of para-hydroxylation sites is 1. The van der Waals surface area contributed by atoms with E-state index < -0.39 is 12.0 Å². The summed E-state index contributed by atoms with van der Waals surface area (Å²) in [6.45, 7) is 0. The van der Waals surface area contributed by atoms with Gasteiger partial charge in [0.05, 0.1) is 5.75 Å². The van der Waals surface area contributed by atoms with Crippen molar-refractivity contribution in [1.29, 1.82) is 0 Å². The van der Waals surface area contributed by atoms with Crippen LogP contribution in [0.5, 0.6) is 0 Å². The molecule has 0 spiro atoms. The van der Waals surface area contributed by atoms with Crippen molar-refractivity contribution in [3.63, 3.8) is 0 Å². The number of anilines is 1. The molecule has 1 amide bonds.